The average Bonchev–Trinajstić information content (AvgIpc) is 2.77. The molecule has 0 spiro atoms. The van der Waals surface area contributed by atoms with Crippen LogP contribution in [0.15, 0.2) is 42.5 Å². The quantitative estimate of drug-likeness (QED) is 0.794. The molecule has 3 atom stereocenters. The highest BCUT2D eigenvalue weighted by molar-refractivity contribution is 5.83. The van der Waals surface area contributed by atoms with Gasteiger partial charge in [-0.3, -0.25) is 0 Å². The minimum absolute atomic E-state index is 0.772. The van der Waals surface area contributed by atoms with Gasteiger partial charge in [-0.1, -0.05) is 42.5 Å². The van der Waals surface area contributed by atoms with E-state index in [4.69, 9.17) is 0 Å². The van der Waals surface area contributed by atoms with Gasteiger partial charge in [0, 0.05) is 12.1 Å². The number of fused-ring (bicyclic) bond motifs is 3. The maximum atomic E-state index is 3.73. The van der Waals surface area contributed by atoms with Crippen LogP contribution in [0, 0.1) is 0 Å². The van der Waals surface area contributed by atoms with Crippen molar-refractivity contribution >= 4 is 10.8 Å². The largest absolute Gasteiger partial charge is 0.311 e. The lowest BCUT2D eigenvalue weighted by atomic mass is 9.85. The van der Waals surface area contributed by atoms with Crippen LogP contribution in [0.5, 0.6) is 0 Å². The lowest BCUT2D eigenvalue weighted by Gasteiger charge is -2.29. The minimum atomic E-state index is 0.772. The molecule has 2 aromatic rings. The monoisotopic (exact) mass is 237 g/mol. The van der Waals surface area contributed by atoms with Gasteiger partial charge in [0.25, 0.3) is 0 Å². The van der Waals surface area contributed by atoms with Gasteiger partial charge < -0.3 is 5.32 Å². The topological polar surface area (TPSA) is 12.0 Å². The van der Waals surface area contributed by atoms with Gasteiger partial charge in [-0.2, -0.15) is 0 Å². The van der Waals surface area contributed by atoms with Crippen molar-refractivity contribution in [3.8, 4) is 0 Å². The summed E-state index contributed by atoms with van der Waals surface area (Å²) >= 11 is 0. The van der Waals surface area contributed by atoms with E-state index in [0.29, 0.717) is 0 Å². The van der Waals surface area contributed by atoms with Gasteiger partial charge in [0.1, 0.15) is 0 Å². The molecule has 1 N–H and O–H groups in total. The Balaban J connectivity index is 1.70. The van der Waals surface area contributed by atoms with Gasteiger partial charge in [0.2, 0.25) is 0 Å². The summed E-state index contributed by atoms with van der Waals surface area (Å²) < 4.78 is 0. The summed E-state index contributed by atoms with van der Waals surface area (Å²) in [7, 11) is 0. The minimum Gasteiger partial charge on any atom is -0.311 e. The third-order valence-corrected chi connectivity index (χ3v) is 4.72. The first-order valence-electron chi connectivity index (χ1n) is 7.13. The van der Waals surface area contributed by atoms with Gasteiger partial charge >= 0.3 is 0 Å². The Labute approximate surface area is 108 Å². The van der Waals surface area contributed by atoms with Crippen LogP contribution in [0.4, 0.5) is 0 Å². The van der Waals surface area contributed by atoms with E-state index in [1.807, 2.05) is 0 Å². The van der Waals surface area contributed by atoms with E-state index in [2.05, 4.69) is 47.8 Å². The zero-order chi connectivity index (χ0) is 11.9. The predicted molar refractivity (Wildman–Crippen MR) is 75.9 cm³/mol. The summed E-state index contributed by atoms with van der Waals surface area (Å²) in [4.78, 5) is 0. The SMILES string of the molecule is c1ccc2cc([C@H]3C[C@H]4CC[C@@H](C3)N4)ccc2c1. The molecule has 2 aliphatic rings. The molecule has 4 rings (SSSR count). The highest BCUT2D eigenvalue weighted by Crippen LogP contribution is 2.37. The fraction of sp³-hybridized carbons (Fsp3) is 0.412. The molecule has 0 unspecified atom stereocenters. The van der Waals surface area contributed by atoms with E-state index in [-0.39, 0.29) is 0 Å². The fourth-order valence-electron chi connectivity index (χ4n) is 3.79. The molecule has 2 aromatic carbocycles. The standard InChI is InChI=1S/C17H19N/c1-2-4-13-9-14(6-5-12(13)3-1)15-10-16-7-8-17(11-15)18-16/h1-6,9,15-18H,7-8,10-11H2/t15-,16+,17-. The molecule has 2 bridgehead atoms. The third-order valence-electron chi connectivity index (χ3n) is 4.72. The number of rotatable bonds is 1. The fourth-order valence-corrected chi connectivity index (χ4v) is 3.79. The molecule has 0 aromatic heterocycles. The first-order chi connectivity index (χ1) is 8.88. The van der Waals surface area contributed by atoms with E-state index < -0.39 is 0 Å². The number of nitrogens with one attached hydrogen (secondary N) is 1. The molecule has 0 radical (unpaired) electrons. The summed E-state index contributed by atoms with van der Waals surface area (Å²) in [6.07, 6.45) is 5.42. The molecule has 18 heavy (non-hydrogen) atoms. The van der Waals surface area contributed by atoms with Crippen molar-refractivity contribution in [3.63, 3.8) is 0 Å². The van der Waals surface area contributed by atoms with E-state index in [0.717, 1.165) is 18.0 Å². The molecule has 0 saturated carbocycles. The van der Waals surface area contributed by atoms with Crippen molar-refractivity contribution in [2.24, 2.45) is 0 Å². The number of benzene rings is 2. The zero-order valence-electron chi connectivity index (χ0n) is 10.6. The summed E-state index contributed by atoms with van der Waals surface area (Å²) in [6.45, 7) is 0. The molecular formula is C17H19N. The predicted octanol–water partition coefficient (Wildman–Crippen LogP) is 3.84. The van der Waals surface area contributed by atoms with Crippen molar-refractivity contribution in [3.05, 3.63) is 48.0 Å². The molecule has 2 heterocycles. The molecule has 2 aliphatic heterocycles. The van der Waals surface area contributed by atoms with Crippen LogP contribution in [0.1, 0.15) is 37.2 Å². The average molecular weight is 237 g/mol. The van der Waals surface area contributed by atoms with E-state index in [1.165, 1.54) is 36.5 Å². The van der Waals surface area contributed by atoms with Crippen LogP contribution in [0.25, 0.3) is 10.8 Å². The lowest BCUT2D eigenvalue weighted by molar-refractivity contribution is 0.363. The lowest BCUT2D eigenvalue weighted by Crippen LogP contribution is -2.37. The van der Waals surface area contributed by atoms with Gasteiger partial charge in [0.05, 0.1) is 0 Å². The first-order valence-corrected chi connectivity index (χ1v) is 7.13. The smallest absolute Gasteiger partial charge is 0.00760 e. The maximum absolute atomic E-state index is 3.73. The third kappa shape index (κ3) is 1.74. The molecule has 2 saturated heterocycles. The summed E-state index contributed by atoms with van der Waals surface area (Å²) in [5.41, 5.74) is 1.55. The van der Waals surface area contributed by atoms with Crippen molar-refractivity contribution in [2.45, 2.75) is 43.7 Å². The van der Waals surface area contributed by atoms with Crippen molar-refractivity contribution in [2.75, 3.05) is 0 Å². The molecule has 0 aliphatic carbocycles. The summed E-state index contributed by atoms with van der Waals surface area (Å²) in [6, 6.07) is 17.3. The second kappa shape index (κ2) is 4.10. The Hall–Kier alpha value is -1.34. The Morgan fingerprint density at radius 2 is 1.56 bits per heavy atom. The molecule has 2 fully saturated rings. The summed E-state index contributed by atoms with van der Waals surface area (Å²) in [5, 5.41) is 6.48. The Kier molecular flexibility index (Phi) is 2.41. The maximum Gasteiger partial charge on any atom is 0.00760 e. The highest BCUT2D eigenvalue weighted by Gasteiger charge is 2.33. The molecule has 92 valence electrons. The van der Waals surface area contributed by atoms with Crippen LogP contribution >= 0.6 is 0 Å². The van der Waals surface area contributed by atoms with Crippen LogP contribution < -0.4 is 5.32 Å². The second-order valence-corrected chi connectivity index (χ2v) is 5.91. The van der Waals surface area contributed by atoms with E-state index >= 15 is 0 Å². The second-order valence-electron chi connectivity index (χ2n) is 5.91. The molecule has 1 heteroatoms. The molecule has 0 amide bonds. The highest BCUT2D eigenvalue weighted by atomic mass is 15.0. The van der Waals surface area contributed by atoms with Crippen molar-refractivity contribution < 1.29 is 0 Å². The van der Waals surface area contributed by atoms with Crippen molar-refractivity contribution in [1.82, 2.24) is 5.32 Å². The number of hydrogen-bond donors (Lipinski definition) is 1. The van der Waals surface area contributed by atoms with Crippen LogP contribution in [-0.4, -0.2) is 12.1 Å². The summed E-state index contributed by atoms with van der Waals surface area (Å²) in [5.74, 6) is 0.772. The zero-order valence-corrected chi connectivity index (χ0v) is 10.6. The van der Waals surface area contributed by atoms with E-state index in [1.54, 1.807) is 5.56 Å². The van der Waals surface area contributed by atoms with Crippen molar-refractivity contribution in [1.29, 1.82) is 0 Å². The van der Waals surface area contributed by atoms with Crippen LogP contribution in [-0.2, 0) is 0 Å². The normalized spacial score (nSPS) is 30.8. The molecule has 1 nitrogen and oxygen atoms in total. The van der Waals surface area contributed by atoms with Gasteiger partial charge in [0.15, 0.2) is 0 Å². The number of hydrogen-bond acceptors (Lipinski definition) is 1. The Morgan fingerprint density at radius 3 is 2.33 bits per heavy atom. The van der Waals surface area contributed by atoms with Gasteiger partial charge in [-0.25, -0.2) is 0 Å². The Bertz CT molecular complexity index is 563. The first kappa shape index (κ1) is 10.6. The van der Waals surface area contributed by atoms with E-state index in [9.17, 15) is 0 Å². The van der Waals surface area contributed by atoms with Gasteiger partial charge in [-0.15, -0.1) is 0 Å². The van der Waals surface area contributed by atoms with Gasteiger partial charge in [-0.05, 0) is 47.9 Å². The number of piperidine rings is 1. The van der Waals surface area contributed by atoms with Crippen LogP contribution in [0.2, 0.25) is 0 Å². The Morgan fingerprint density at radius 1 is 0.833 bits per heavy atom. The molecular weight excluding hydrogens is 218 g/mol. The van der Waals surface area contributed by atoms with Crippen LogP contribution in [0.3, 0.4) is 0 Å².